The normalized spacial score (nSPS) is 12.4. The molecule has 0 amide bonds. The summed E-state index contributed by atoms with van der Waals surface area (Å²) in [4.78, 5) is 0. The molecule has 0 heterocycles. The van der Waals surface area contributed by atoms with Gasteiger partial charge in [-0.2, -0.15) is 0 Å². The van der Waals surface area contributed by atoms with Gasteiger partial charge < -0.3 is 5.32 Å². The molecule has 1 N–H and O–H groups in total. The van der Waals surface area contributed by atoms with Crippen LogP contribution in [0.25, 0.3) is 11.1 Å². The fraction of sp³-hybridized carbons (Fsp3) is 0.368. The van der Waals surface area contributed by atoms with Gasteiger partial charge in [-0.1, -0.05) is 43.7 Å². The maximum Gasteiger partial charge on any atom is 0.131 e. The number of nitrogens with one attached hydrogen (secondary N) is 1. The van der Waals surface area contributed by atoms with Crippen LogP contribution in [0.5, 0.6) is 0 Å². The third-order valence-electron chi connectivity index (χ3n) is 4.01. The molecule has 112 valence electrons. The first-order chi connectivity index (χ1) is 10.2. The molecule has 2 heteroatoms. The van der Waals surface area contributed by atoms with Crippen molar-refractivity contribution in [2.45, 2.75) is 39.2 Å². The van der Waals surface area contributed by atoms with Gasteiger partial charge in [-0.15, -0.1) is 0 Å². The second-order valence-electron chi connectivity index (χ2n) is 5.55. The van der Waals surface area contributed by atoms with Gasteiger partial charge in [-0.05, 0) is 55.6 Å². The van der Waals surface area contributed by atoms with E-state index in [2.05, 4.69) is 31.3 Å². The minimum absolute atomic E-state index is 0.164. The molecular formula is C19H24FN. The Morgan fingerprint density at radius 2 is 1.81 bits per heavy atom. The van der Waals surface area contributed by atoms with Crippen LogP contribution in [0.3, 0.4) is 0 Å². The molecule has 0 fully saturated rings. The van der Waals surface area contributed by atoms with E-state index < -0.39 is 0 Å². The molecule has 2 aromatic carbocycles. The Morgan fingerprint density at radius 3 is 2.43 bits per heavy atom. The zero-order valence-electron chi connectivity index (χ0n) is 13.1. The van der Waals surface area contributed by atoms with Crippen molar-refractivity contribution in [3.05, 3.63) is 59.4 Å². The standard InChI is InChI=1S/C19H24FN/c1-4-5-6-15-7-9-16(10-8-15)18-13-17(14(2)21-3)11-12-19(18)20/h7-14,21H,4-6H2,1-3H3. The Balaban J connectivity index is 2.28. The van der Waals surface area contributed by atoms with Gasteiger partial charge in [-0.25, -0.2) is 4.39 Å². The van der Waals surface area contributed by atoms with Crippen LogP contribution in [0.4, 0.5) is 4.39 Å². The van der Waals surface area contributed by atoms with Crippen molar-refractivity contribution < 1.29 is 4.39 Å². The topological polar surface area (TPSA) is 12.0 Å². The summed E-state index contributed by atoms with van der Waals surface area (Å²) in [6.07, 6.45) is 3.49. The van der Waals surface area contributed by atoms with Gasteiger partial charge >= 0.3 is 0 Å². The number of hydrogen-bond acceptors (Lipinski definition) is 1. The van der Waals surface area contributed by atoms with Crippen LogP contribution >= 0.6 is 0 Å². The fourth-order valence-corrected chi connectivity index (χ4v) is 2.43. The molecule has 2 aromatic rings. The van der Waals surface area contributed by atoms with E-state index in [0.717, 1.165) is 17.5 Å². The summed E-state index contributed by atoms with van der Waals surface area (Å²) in [6, 6.07) is 13.8. The first-order valence-corrected chi connectivity index (χ1v) is 7.71. The van der Waals surface area contributed by atoms with E-state index >= 15 is 0 Å². The first kappa shape index (κ1) is 15.7. The van der Waals surface area contributed by atoms with Gasteiger partial charge in [-0.3, -0.25) is 0 Å². The number of halogens is 1. The fourth-order valence-electron chi connectivity index (χ4n) is 2.43. The molecule has 0 spiro atoms. The van der Waals surface area contributed by atoms with Crippen LogP contribution in [0, 0.1) is 5.82 Å². The second kappa shape index (κ2) is 7.37. The summed E-state index contributed by atoms with van der Waals surface area (Å²) in [5.74, 6) is -0.164. The summed E-state index contributed by atoms with van der Waals surface area (Å²) in [6.45, 7) is 4.27. The van der Waals surface area contributed by atoms with E-state index in [0.29, 0.717) is 5.56 Å². The Labute approximate surface area is 127 Å². The van der Waals surface area contributed by atoms with Crippen LogP contribution in [0.2, 0.25) is 0 Å². The Bertz CT molecular complexity index is 575. The summed E-state index contributed by atoms with van der Waals surface area (Å²) in [5.41, 5.74) is 4.04. The number of aryl methyl sites for hydroxylation is 1. The van der Waals surface area contributed by atoms with E-state index in [9.17, 15) is 4.39 Å². The van der Waals surface area contributed by atoms with Crippen molar-refractivity contribution in [2.75, 3.05) is 7.05 Å². The van der Waals surface area contributed by atoms with Crippen LogP contribution in [0.1, 0.15) is 43.9 Å². The van der Waals surface area contributed by atoms with Gasteiger partial charge in [0, 0.05) is 11.6 Å². The highest BCUT2D eigenvalue weighted by Gasteiger charge is 2.09. The highest BCUT2D eigenvalue weighted by atomic mass is 19.1. The van der Waals surface area contributed by atoms with Crippen LogP contribution < -0.4 is 5.32 Å². The lowest BCUT2D eigenvalue weighted by molar-refractivity contribution is 0.622. The van der Waals surface area contributed by atoms with E-state index in [1.165, 1.54) is 18.4 Å². The van der Waals surface area contributed by atoms with E-state index in [4.69, 9.17) is 0 Å². The molecule has 0 saturated carbocycles. The monoisotopic (exact) mass is 285 g/mol. The zero-order valence-corrected chi connectivity index (χ0v) is 13.1. The highest BCUT2D eigenvalue weighted by Crippen LogP contribution is 2.27. The predicted molar refractivity (Wildman–Crippen MR) is 87.9 cm³/mol. The number of hydrogen-bond donors (Lipinski definition) is 1. The largest absolute Gasteiger partial charge is 0.313 e. The zero-order chi connectivity index (χ0) is 15.2. The molecule has 0 saturated heterocycles. The van der Waals surface area contributed by atoms with Gasteiger partial charge in [0.05, 0.1) is 0 Å². The summed E-state index contributed by atoms with van der Waals surface area (Å²) < 4.78 is 14.1. The molecule has 2 rings (SSSR count). The lowest BCUT2D eigenvalue weighted by atomic mass is 9.98. The molecule has 0 aliphatic heterocycles. The average molecular weight is 285 g/mol. The Hall–Kier alpha value is -1.67. The van der Waals surface area contributed by atoms with Gasteiger partial charge in [0.1, 0.15) is 5.82 Å². The smallest absolute Gasteiger partial charge is 0.131 e. The van der Waals surface area contributed by atoms with E-state index in [1.807, 2.05) is 31.3 Å². The molecule has 1 unspecified atom stereocenters. The predicted octanol–water partition coefficient (Wildman–Crippen LogP) is 5.12. The average Bonchev–Trinajstić information content (AvgIpc) is 2.53. The first-order valence-electron chi connectivity index (χ1n) is 7.71. The molecule has 0 radical (unpaired) electrons. The minimum atomic E-state index is -0.164. The van der Waals surface area contributed by atoms with Crippen LogP contribution in [-0.4, -0.2) is 7.05 Å². The van der Waals surface area contributed by atoms with Crippen molar-refractivity contribution in [3.63, 3.8) is 0 Å². The van der Waals surface area contributed by atoms with E-state index in [1.54, 1.807) is 6.07 Å². The van der Waals surface area contributed by atoms with Gasteiger partial charge in [0.2, 0.25) is 0 Å². The van der Waals surface area contributed by atoms with Crippen molar-refractivity contribution in [2.24, 2.45) is 0 Å². The SMILES string of the molecule is CCCCc1ccc(-c2cc(C(C)NC)ccc2F)cc1. The lowest BCUT2D eigenvalue weighted by Crippen LogP contribution is -2.12. The highest BCUT2D eigenvalue weighted by molar-refractivity contribution is 5.65. The van der Waals surface area contributed by atoms with Gasteiger partial charge in [0.25, 0.3) is 0 Å². The lowest BCUT2D eigenvalue weighted by Gasteiger charge is -2.13. The number of unbranched alkanes of at least 4 members (excludes halogenated alkanes) is 1. The third-order valence-corrected chi connectivity index (χ3v) is 4.01. The third kappa shape index (κ3) is 3.92. The van der Waals surface area contributed by atoms with Crippen molar-refractivity contribution in [3.8, 4) is 11.1 Å². The molecule has 1 nitrogen and oxygen atoms in total. The molecular weight excluding hydrogens is 261 g/mol. The quantitative estimate of drug-likeness (QED) is 0.777. The van der Waals surface area contributed by atoms with Crippen molar-refractivity contribution in [1.82, 2.24) is 5.32 Å². The summed E-state index contributed by atoms with van der Waals surface area (Å²) in [5, 5.41) is 3.19. The minimum Gasteiger partial charge on any atom is -0.313 e. The molecule has 0 aliphatic rings. The summed E-state index contributed by atoms with van der Waals surface area (Å²) in [7, 11) is 1.91. The Kier molecular flexibility index (Phi) is 5.51. The Morgan fingerprint density at radius 1 is 1.10 bits per heavy atom. The molecule has 0 bridgehead atoms. The van der Waals surface area contributed by atoms with Gasteiger partial charge in [0.15, 0.2) is 0 Å². The van der Waals surface area contributed by atoms with Crippen LogP contribution in [0.15, 0.2) is 42.5 Å². The van der Waals surface area contributed by atoms with E-state index in [-0.39, 0.29) is 11.9 Å². The molecule has 0 aliphatic carbocycles. The molecule has 21 heavy (non-hydrogen) atoms. The van der Waals surface area contributed by atoms with Crippen molar-refractivity contribution in [1.29, 1.82) is 0 Å². The molecule has 1 atom stereocenters. The van der Waals surface area contributed by atoms with Crippen molar-refractivity contribution >= 4 is 0 Å². The molecule has 0 aromatic heterocycles. The summed E-state index contributed by atoms with van der Waals surface area (Å²) >= 11 is 0. The van der Waals surface area contributed by atoms with Crippen LogP contribution in [-0.2, 0) is 6.42 Å². The maximum absolute atomic E-state index is 14.1. The maximum atomic E-state index is 14.1. The number of rotatable bonds is 6. The number of benzene rings is 2. The second-order valence-corrected chi connectivity index (χ2v) is 5.55.